The zero-order valence-electron chi connectivity index (χ0n) is 10.9. The Kier molecular flexibility index (Phi) is 4.09. The number of benzene rings is 1. The maximum Gasteiger partial charge on any atom is 0.146 e. The van der Waals surface area contributed by atoms with E-state index in [0.29, 0.717) is 18.3 Å². The molecule has 19 heavy (non-hydrogen) atoms. The molecule has 0 fully saturated rings. The van der Waals surface area contributed by atoms with Gasteiger partial charge in [-0.2, -0.15) is 5.10 Å². The zero-order chi connectivity index (χ0) is 13.8. The van der Waals surface area contributed by atoms with Gasteiger partial charge < -0.3 is 5.32 Å². The third kappa shape index (κ3) is 3.49. The SMILES string of the molecule is CC(C)Cn1ncnc1CNc1cc(F)ccc1F. The van der Waals surface area contributed by atoms with Crippen molar-refractivity contribution in [2.45, 2.75) is 26.9 Å². The van der Waals surface area contributed by atoms with Crippen LogP contribution in [0.5, 0.6) is 0 Å². The van der Waals surface area contributed by atoms with Gasteiger partial charge in [0, 0.05) is 6.54 Å². The van der Waals surface area contributed by atoms with Gasteiger partial charge in [-0.25, -0.2) is 18.4 Å². The fourth-order valence-corrected chi connectivity index (χ4v) is 1.73. The van der Waals surface area contributed by atoms with Crippen molar-refractivity contribution in [2.24, 2.45) is 5.92 Å². The van der Waals surface area contributed by atoms with Gasteiger partial charge in [0.25, 0.3) is 0 Å². The number of nitrogens with zero attached hydrogens (tertiary/aromatic N) is 3. The Morgan fingerprint density at radius 2 is 2.11 bits per heavy atom. The van der Waals surface area contributed by atoms with Crippen molar-refractivity contribution in [1.29, 1.82) is 0 Å². The van der Waals surface area contributed by atoms with Crippen LogP contribution in [0.25, 0.3) is 0 Å². The van der Waals surface area contributed by atoms with Crippen molar-refractivity contribution in [3.8, 4) is 0 Å². The number of hydrogen-bond donors (Lipinski definition) is 1. The fraction of sp³-hybridized carbons (Fsp3) is 0.385. The first-order valence-corrected chi connectivity index (χ1v) is 6.12. The molecule has 4 nitrogen and oxygen atoms in total. The average molecular weight is 266 g/mol. The third-order valence-electron chi connectivity index (χ3n) is 2.60. The predicted molar refractivity (Wildman–Crippen MR) is 68.5 cm³/mol. The molecular formula is C13H16F2N4. The van der Waals surface area contributed by atoms with E-state index in [2.05, 4.69) is 29.2 Å². The molecule has 0 aliphatic carbocycles. The summed E-state index contributed by atoms with van der Waals surface area (Å²) in [7, 11) is 0. The van der Waals surface area contributed by atoms with Gasteiger partial charge in [0.05, 0.1) is 12.2 Å². The third-order valence-corrected chi connectivity index (χ3v) is 2.60. The Hall–Kier alpha value is -1.98. The van der Waals surface area contributed by atoms with Gasteiger partial charge in [0.2, 0.25) is 0 Å². The largest absolute Gasteiger partial charge is 0.375 e. The van der Waals surface area contributed by atoms with Gasteiger partial charge in [-0.3, -0.25) is 0 Å². The Morgan fingerprint density at radius 3 is 2.84 bits per heavy atom. The van der Waals surface area contributed by atoms with E-state index in [1.165, 1.54) is 6.33 Å². The molecule has 0 unspecified atom stereocenters. The van der Waals surface area contributed by atoms with Crippen molar-refractivity contribution in [1.82, 2.24) is 14.8 Å². The van der Waals surface area contributed by atoms with E-state index in [1.54, 1.807) is 4.68 Å². The van der Waals surface area contributed by atoms with E-state index in [-0.39, 0.29) is 5.69 Å². The lowest BCUT2D eigenvalue weighted by atomic mass is 10.2. The van der Waals surface area contributed by atoms with E-state index < -0.39 is 11.6 Å². The van der Waals surface area contributed by atoms with Crippen LogP contribution in [0.15, 0.2) is 24.5 Å². The summed E-state index contributed by atoms with van der Waals surface area (Å²) in [6, 6.07) is 3.30. The lowest BCUT2D eigenvalue weighted by Crippen LogP contribution is -2.13. The molecule has 0 saturated carbocycles. The molecule has 0 aliphatic heterocycles. The Morgan fingerprint density at radius 1 is 1.32 bits per heavy atom. The van der Waals surface area contributed by atoms with Crippen LogP contribution in [-0.4, -0.2) is 14.8 Å². The second-order valence-electron chi connectivity index (χ2n) is 4.73. The van der Waals surface area contributed by atoms with Gasteiger partial charge in [0.15, 0.2) is 0 Å². The monoisotopic (exact) mass is 266 g/mol. The molecule has 6 heteroatoms. The molecule has 2 rings (SSSR count). The van der Waals surface area contributed by atoms with Crippen LogP contribution in [0.2, 0.25) is 0 Å². The maximum atomic E-state index is 13.4. The Labute approximate surface area is 110 Å². The minimum absolute atomic E-state index is 0.124. The number of halogens is 2. The highest BCUT2D eigenvalue weighted by Gasteiger charge is 2.08. The molecule has 0 aliphatic rings. The van der Waals surface area contributed by atoms with E-state index in [4.69, 9.17) is 0 Å². The minimum atomic E-state index is -0.490. The van der Waals surface area contributed by atoms with E-state index in [1.807, 2.05) is 0 Å². The van der Waals surface area contributed by atoms with Gasteiger partial charge in [-0.15, -0.1) is 0 Å². The Balaban J connectivity index is 2.06. The Bertz CT molecular complexity index is 551. The number of hydrogen-bond acceptors (Lipinski definition) is 3. The van der Waals surface area contributed by atoms with Gasteiger partial charge in [0.1, 0.15) is 23.8 Å². The van der Waals surface area contributed by atoms with E-state index in [9.17, 15) is 8.78 Å². The summed E-state index contributed by atoms with van der Waals surface area (Å²) in [6.07, 6.45) is 1.46. The molecule has 0 amide bonds. The first-order chi connectivity index (χ1) is 9.06. The topological polar surface area (TPSA) is 42.7 Å². The van der Waals surface area contributed by atoms with Crippen LogP contribution in [0.3, 0.4) is 0 Å². The first kappa shape index (κ1) is 13.5. The number of nitrogens with one attached hydrogen (secondary N) is 1. The van der Waals surface area contributed by atoms with Crippen molar-refractivity contribution < 1.29 is 8.78 Å². The number of anilines is 1. The summed E-state index contributed by atoms with van der Waals surface area (Å²) in [6.45, 7) is 5.19. The van der Waals surface area contributed by atoms with Crippen LogP contribution in [0.1, 0.15) is 19.7 Å². The van der Waals surface area contributed by atoms with Gasteiger partial charge in [-0.1, -0.05) is 13.8 Å². The van der Waals surface area contributed by atoms with Crippen LogP contribution in [0, 0.1) is 17.6 Å². The maximum absolute atomic E-state index is 13.4. The molecule has 102 valence electrons. The highest BCUT2D eigenvalue weighted by molar-refractivity contribution is 5.44. The molecule has 2 aromatic rings. The molecule has 0 bridgehead atoms. The summed E-state index contributed by atoms with van der Waals surface area (Å²) >= 11 is 0. The molecule has 0 spiro atoms. The molecule has 1 aromatic heterocycles. The molecule has 0 radical (unpaired) electrons. The second-order valence-corrected chi connectivity index (χ2v) is 4.73. The summed E-state index contributed by atoms with van der Waals surface area (Å²) in [5.74, 6) is 0.160. The highest BCUT2D eigenvalue weighted by atomic mass is 19.1. The molecule has 1 aromatic carbocycles. The summed E-state index contributed by atoms with van der Waals surface area (Å²) in [5.41, 5.74) is 0.124. The molecule has 1 heterocycles. The normalized spacial score (nSPS) is 11.0. The molecule has 1 N–H and O–H groups in total. The zero-order valence-corrected chi connectivity index (χ0v) is 10.9. The standard InChI is InChI=1S/C13H16F2N4/c1-9(2)7-19-13(17-8-18-19)6-16-12-5-10(14)3-4-11(12)15/h3-5,8-9,16H,6-7H2,1-2H3. The van der Waals surface area contributed by atoms with E-state index in [0.717, 1.165) is 24.7 Å². The number of rotatable bonds is 5. The predicted octanol–water partition coefficient (Wildman–Crippen LogP) is 2.82. The lowest BCUT2D eigenvalue weighted by molar-refractivity contribution is 0.468. The second kappa shape index (κ2) is 5.77. The van der Waals surface area contributed by atoms with Crippen LogP contribution in [-0.2, 0) is 13.1 Å². The minimum Gasteiger partial charge on any atom is -0.375 e. The van der Waals surface area contributed by atoms with Crippen molar-refractivity contribution >= 4 is 5.69 Å². The molecular weight excluding hydrogens is 250 g/mol. The van der Waals surface area contributed by atoms with Crippen LogP contribution in [0.4, 0.5) is 14.5 Å². The lowest BCUT2D eigenvalue weighted by Gasteiger charge is -2.10. The number of aromatic nitrogens is 3. The van der Waals surface area contributed by atoms with Gasteiger partial charge >= 0.3 is 0 Å². The molecule has 0 saturated heterocycles. The smallest absolute Gasteiger partial charge is 0.146 e. The van der Waals surface area contributed by atoms with Crippen LogP contribution >= 0.6 is 0 Å². The van der Waals surface area contributed by atoms with Crippen LogP contribution < -0.4 is 5.32 Å². The van der Waals surface area contributed by atoms with Crippen molar-refractivity contribution in [2.75, 3.05) is 5.32 Å². The van der Waals surface area contributed by atoms with Gasteiger partial charge in [-0.05, 0) is 24.1 Å². The first-order valence-electron chi connectivity index (χ1n) is 6.12. The van der Waals surface area contributed by atoms with E-state index >= 15 is 0 Å². The summed E-state index contributed by atoms with van der Waals surface area (Å²) in [5, 5.41) is 6.94. The quantitative estimate of drug-likeness (QED) is 0.905. The average Bonchev–Trinajstić information content (AvgIpc) is 2.77. The fourth-order valence-electron chi connectivity index (χ4n) is 1.73. The highest BCUT2D eigenvalue weighted by Crippen LogP contribution is 2.16. The summed E-state index contributed by atoms with van der Waals surface area (Å²) in [4.78, 5) is 4.11. The van der Waals surface area contributed by atoms with Crippen molar-refractivity contribution in [3.63, 3.8) is 0 Å². The van der Waals surface area contributed by atoms with Crippen molar-refractivity contribution in [3.05, 3.63) is 42.0 Å². The molecule has 0 atom stereocenters. The summed E-state index contributed by atoms with van der Waals surface area (Å²) < 4.78 is 28.2.